The Labute approximate surface area is 93.7 Å². The van der Waals surface area contributed by atoms with Gasteiger partial charge in [0.25, 0.3) is 0 Å². The van der Waals surface area contributed by atoms with Crippen molar-refractivity contribution in [1.82, 2.24) is 5.43 Å². The number of nitrogens with one attached hydrogen (secondary N) is 1. The molecule has 0 spiro atoms. The Morgan fingerprint density at radius 1 is 1.50 bits per heavy atom. The van der Waals surface area contributed by atoms with Gasteiger partial charge in [-0.1, -0.05) is 23.7 Å². The van der Waals surface area contributed by atoms with E-state index in [1.165, 1.54) is 0 Å². The van der Waals surface area contributed by atoms with Gasteiger partial charge in [0.15, 0.2) is 0 Å². The molecule has 0 bridgehead atoms. The molecule has 0 unspecified atom stereocenters. The van der Waals surface area contributed by atoms with Crippen molar-refractivity contribution in [3.05, 3.63) is 28.8 Å². The second-order valence-corrected chi connectivity index (χ2v) is 2.95. The maximum absolute atomic E-state index is 5.90. The molecule has 14 heavy (non-hydrogen) atoms. The highest BCUT2D eigenvalue weighted by Gasteiger charge is 2.01. The maximum atomic E-state index is 5.90. The van der Waals surface area contributed by atoms with Crippen LogP contribution in [0.3, 0.4) is 0 Å². The number of benzene rings is 1. The molecule has 5 N–H and O–H groups in total. The van der Waals surface area contributed by atoms with Crippen LogP contribution in [0.4, 0.5) is 5.69 Å². The van der Waals surface area contributed by atoms with Gasteiger partial charge in [0.05, 0.1) is 10.7 Å². The number of para-hydroxylation sites is 1. The SMILES string of the molecule is Cc1cccc(Cl)c1N=C(N)NN.Cl. The highest BCUT2D eigenvalue weighted by atomic mass is 35.5. The lowest BCUT2D eigenvalue weighted by Gasteiger charge is -2.03. The molecule has 6 heteroatoms. The molecule has 1 rings (SSSR count). The second kappa shape index (κ2) is 5.70. The van der Waals surface area contributed by atoms with Gasteiger partial charge in [-0.05, 0) is 18.6 Å². The van der Waals surface area contributed by atoms with Crippen LogP contribution in [0.2, 0.25) is 5.02 Å². The van der Waals surface area contributed by atoms with Gasteiger partial charge in [0, 0.05) is 0 Å². The molecule has 0 atom stereocenters. The van der Waals surface area contributed by atoms with Gasteiger partial charge in [0.2, 0.25) is 5.96 Å². The van der Waals surface area contributed by atoms with Gasteiger partial charge in [-0.2, -0.15) is 0 Å². The first-order chi connectivity index (χ1) is 6.15. The summed E-state index contributed by atoms with van der Waals surface area (Å²) in [5, 5.41) is 0.554. The van der Waals surface area contributed by atoms with E-state index in [1.54, 1.807) is 6.07 Å². The van der Waals surface area contributed by atoms with Crippen LogP contribution in [0.15, 0.2) is 23.2 Å². The van der Waals surface area contributed by atoms with Crippen LogP contribution >= 0.6 is 24.0 Å². The molecule has 4 nitrogen and oxygen atoms in total. The van der Waals surface area contributed by atoms with Crippen LogP contribution in [-0.4, -0.2) is 5.96 Å². The normalized spacial score (nSPS) is 10.6. The molecule has 0 aliphatic heterocycles. The Bertz CT molecular complexity index is 318. The van der Waals surface area contributed by atoms with Crippen molar-refractivity contribution in [2.45, 2.75) is 6.92 Å². The van der Waals surface area contributed by atoms with E-state index in [0.29, 0.717) is 10.7 Å². The van der Waals surface area contributed by atoms with Crippen molar-refractivity contribution >= 4 is 35.7 Å². The van der Waals surface area contributed by atoms with Crippen LogP contribution < -0.4 is 17.0 Å². The van der Waals surface area contributed by atoms with Crippen molar-refractivity contribution in [2.24, 2.45) is 16.6 Å². The molecule has 1 aromatic rings. The van der Waals surface area contributed by atoms with E-state index in [9.17, 15) is 0 Å². The summed E-state index contributed by atoms with van der Waals surface area (Å²) in [6.07, 6.45) is 0. The molecule has 0 heterocycles. The zero-order valence-corrected chi connectivity index (χ0v) is 9.19. The first-order valence-corrected chi connectivity index (χ1v) is 4.09. The lowest BCUT2D eigenvalue weighted by atomic mass is 10.2. The van der Waals surface area contributed by atoms with Crippen molar-refractivity contribution in [1.29, 1.82) is 0 Å². The predicted molar refractivity (Wildman–Crippen MR) is 62.0 cm³/mol. The number of aryl methyl sites for hydroxylation is 1. The van der Waals surface area contributed by atoms with Gasteiger partial charge in [0.1, 0.15) is 0 Å². The predicted octanol–water partition coefficient (Wildman–Crippen LogP) is 1.48. The third-order valence-electron chi connectivity index (χ3n) is 1.57. The fraction of sp³-hybridized carbons (Fsp3) is 0.125. The monoisotopic (exact) mass is 234 g/mol. The molecule has 0 saturated heterocycles. The minimum atomic E-state index is 0. The lowest BCUT2D eigenvalue weighted by Crippen LogP contribution is -2.36. The summed E-state index contributed by atoms with van der Waals surface area (Å²) in [7, 11) is 0. The number of hydrazine groups is 1. The molecule has 0 aliphatic rings. The van der Waals surface area contributed by atoms with Gasteiger partial charge in [-0.3, -0.25) is 5.43 Å². The van der Waals surface area contributed by atoms with Crippen molar-refractivity contribution < 1.29 is 0 Å². The largest absolute Gasteiger partial charge is 0.369 e. The summed E-state index contributed by atoms with van der Waals surface area (Å²) >= 11 is 5.90. The fourth-order valence-electron chi connectivity index (χ4n) is 0.917. The fourth-order valence-corrected chi connectivity index (χ4v) is 1.18. The maximum Gasteiger partial charge on any atom is 0.208 e. The standard InChI is InChI=1S/C8H11ClN4.ClH/c1-5-3-2-4-6(9)7(5)12-8(10)13-11;/h2-4H,11H2,1H3,(H3,10,12,13);1H. The molecule has 0 amide bonds. The van der Waals surface area contributed by atoms with Gasteiger partial charge < -0.3 is 5.73 Å². The van der Waals surface area contributed by atoms with E-state index in [0.717, 1.165) is 5.56 Å². The minimum absolute atomic E-state index is 0. The van der Waals surface area contributed by atoms with Crippen LogP contribution in [0.25, 0.3) is 0 Å². The molecular weight excluding hydrogens is 223 g/mol. The number of hydrogen-bond acceptors (Lipinski definition) is 2. The average molecular weight is 235 g/mol. The Hall–Kier alpha value is -0.970. The van der Waals surface area contributed by atoms with Crippen LogP contribution in [0.1, 0.15) is 5.56 Å². The van der Waals surface area contributed by atoms with E-state index in [4.69, 9.17) is 23.2 Å². The molecule has 0 radical (unpaired) electrons. The number of rotatable bonds is 1. The second-order valence-electron chi connectivity index (χ2n) is 2.55. The average Bonchev–Trinajstić information content (AvgIpc) is 2.11. The van der Waals surface area contributed by atoms with E-state index in [1.807, 2.05) is 19.1 Å². The van der Waals surface area contributed by atoms with Crippen molar-refractivity contribution in [2.75, 3.05) is 0 Å². The summed E-state index contributed by atoms with van der Waals surface area (Å²) in [4.78, 5) is 4.00. The van der Waals surface area contributed by atoms with Crippen molar-refractivity contribution in [3.63, 3.8) is 0 Å². The summed E-state index contributed by atoms with van der Waals surface area (Å²) in [6, 6.07) is 5.49. The number of hydrogen-bond donors (Lipinski definition) is 3. The Morgan fingerprint density at radius 2 is 2.14 bits per heavy atom. The zero-order valence-electron chi connectivity index (χ0n) is 7.62. The van der Waals surface area contributed by atoms with Crippen molar-refractivity contribution in [3.8, 4) is 0 Å². The summed E-state index contributed by atoms with van der Waals surface area (Å²) < 4.78 is 0. The lowest BCUT2D eigenvalue weighted by molar-refractivity contribution is 1.01. The van der Waals surface area contributed by atoms with E-state index >= 15 is 0 Å². The molecule has 0 aromatic heterocycles. The first kappa shape index (κ1) is 13.0. The third-order valence-corrected chi connectivity index (χ3v) is 1.87. The summed E-state index contributed by atoms with van der Waals surface area (Å²) in [5.41, 5.74) is 9.22. The van der Waals surface area contributed by atoms with Gasteiger partial charge >= 0.3 is 0 Å². The molecule has 1 aromatic carbocycles. The molecule has 0 fully saturated rings. The summed E-state index contributed by atoms with van der Waals surface area (Å²) in [5.74, 6) is 5.21. The first-order valence-electron chi connectivity index (χ1n) is 3.71. The summed E-state index contributed by atoms with van der Waals surface area (Å²) in [6.45, 7) is 1.90. The van der Waals surface area contributed by atoms with E-state index in [2.05, 4.69) is 10.4 Å². The minimum Gasteiger partial charge on any atom is -0.369 e. The molecule has 78 valence electrons. The van der Waals surface area contributed by atoms with E-state index < -0.39 is 0 Å². The number of nitrogens with zero attached hydrogens (tertiary/aromatic N) is 1. The van der Waals surface area contributed by atoms with Gasteiger partial charge in [-0.25, -0.2) is 10.8 Å². The Balaban J connectivity index is 0.00000169. The Kier molecular flexibility index (Phi) is 5.30. The number of nitrogens with two attached hydrogens (primary N) is 2. The van der Waals surface area contributed by atoms with E-state index in [-0.39, 0.29) is 18.4 Å². The molecular formula is C8H12Cl2N4. The van der Waals surface area contributed by atoms with Crippen LogP contribution in [-0.2, 0) is 0 Å². The third kappa shape index (κ3) is 3.06. The van der Waals surface area contributed by atoms with Gasteiger partial charge in [-0.15, -0.1) is 12.4 Å². The van der Waals surface area contributed by atoms with Crippen LogP contribution in [0.5, 0.6) is 0 Å². The van der Waals surface area contributed by atoms with Crippen LogP contribution in [0, 0.1) is 6.92 Å². The Morgan fingerprint density at radius 3 is 2.64 bits per heavy atom. The molecule has 0 aliphatic carbocycles. The topological polar surface area (TPSA) is 76.4 Å². The highest BCUT2D eigenvalue weighted by Crippen LogP contribution is 2.27. The molecule has 0 saturated carbocycles. The smallest absolute Gasteiger partial charge is 0.208 e. The number of halogens is 2. The zero-order chi connectivity index (χ0) is 9.84. The number of aliphatic imine (C=N–C) groups is 1. The highest BCUT2D eigenvalue weighted by molar-refractivity contribution is 6.33. The quantitative estimate of drug-likeness (QED) is 0.298. The number of guanidine groups is 1.